The number of carbonyl (C=O) groups is 1. The fourth-order valence-electron chi connectivity index (χ4n) is 9.16. The monoisotopic (exact) mass is 762 g/mol. The summed E-state index contributed by atoms with van der Waals surface area (Å²) in [5.41, 5.74) is 5.13. The number of fused-ring (bicyclic) bond motifs is 3. The Labute approximate surface area is 310 Å². The molecule has 1 unspecified atom stereocenters. The normalized spacial score (nSPS) is 24.5. The lowest BCUT2D eigenvalue weighted by atomic mass is 9.86. The smallest absolute Gasteiger partial charge is 0.346 e. The number of nitrogens with zero attached hydrogens (tertiary/aromatic N) is 9. The molecular weight excluding hydrogens is 729 g/mol. The van der Waals surface area contributed by atoms with Gasteiger partial charge in [-0.2, -0.15) is 25.0 Å². The van der Waals surface area contributed by atoms with E-state index in [0.717, 1.165) is 50.0 Å². The van der Waals surface area contributed by atoms with Crippen LogP contribution in [0.15, 0.2) is 30.9 Å². The largest absolute Gasteiger partial charge is 0.461 e. The van der Waals surface area contributed by atoms with Crippen LogP contribution in [0.3, 0.4) is 0 Å². The van der Waals surface area contributed by atoms with Gasteiger partial charge in [0, 0.05) is 48.9 Å². The fourth-order valence-corrected chi connectivity index (χ4v) is 10.4. The van der Waals surface area contributed by atoms with Crippen molar-refractivity contribution in [2.45, 2.75) is 62.2 Å². The molecule has 2 N–H and O–H groups in total. The summed E-state index contributed by atoms with van der Waals surface area (Å²) in [5, 5.41) is 14.6. The van der Waals surface area contributed by atoms with Gasteiger partial charge in [0.25, 0.3) is 0 Å². The summed E-state index contributed by atoms with van der Waals surface area (Å²) in [4.78, 5) is 33.1. The number of hydrogen-bond acceptors (Lipinski definition) is 11. The Balaban J connectivity index is 1.17. The number of aromatic nitrogens is 5. The van der Waals surface area contributed by atoms with Crippen molar-refractivity contribution in [2.24, 2.45) is 0 Å². The number of alkyl halides is 1. The van der Waals surface area contributed by atoms with Gasteiger partial charge in [-0.15, -0.1) is 11.3 Å². The summed E-state index contributed by atoms with van der Waals surface area (Å²) in [6, 6.07) is 5.85. The van der Waals surface area contributed by atoms with Gasteiger partial charge in [-0.3, -0.25) is 4.90 Å². The van der Waals surface area contributed by atoms with Crippen LogP contribution < -0.4 is 15.4 Å². The molecule has 12 nitrogen and oxygen atoms in total. The fraction of sp³-hybridized carbons (Fsp3) is 0.444. The lowest BCUT2D eigenvalue weighted by Crippen LogP contribution is -2.57. The minimum absolute atomic E-state index is 0.00470. The van der Waals surface area contributed by atoms with Crippen molar-refractivity contribution in [3.63, 3.8) is 0 Å². The second kappa shape index (κ2) is 12.7. The van der Waals surface area contributed by atoms with Gasteiger partial charge in [0.15, 0.2) is 5.82 Å². The summed E-state index contributed by atoms with van der Waals surface area (Å²) < 4.78 is 54.5. The third kappa shape index (κ3) is 5.38. The minimum Gasteiger partial charge on any atom is -0.461 e. The molecule has 4 saturated heterocycles. The molecule has 3 atom stereocenters. The molecule has 53 heavy (non-hydrogen) atoms. The molecule has 9 rings (SSSR count). The molecular formula is C36H34ClF3N10O2S. The van der Waals surface area contributed by atoms with Gasteiger partial charge in [-0.05, 0) is 62.8 Å². The summed E-state index contributed by atoms with van der Waals surface area (Å²) in [5.74, 6) is -1.02. The van der Waals surface area contributed by atoms with Gasteiger partial charge in [-0.1, -0.05) is 17.7 Å². The summed E-state index contributed by atoms with van der Waals surface area (Å²) in [7, 11) is 0. The number of rotatable bonds is 5. The van der Waals surface area contributed by atoms with E-state index in [9.17, 15) is 18.8 Å². The molecule has 4 aliphatic heterocycles. The van der Waals surface area contributed by atoms with Crippen LogP contribution in [0.5, 0.6) is 6.01 Å². The molecule has 274 valence electrons. The topological polar surface area (TPSA) is 142 Å². The molecule has 0 radical (unpaired) electrons. The highest BCUT2D eigenvalue weighted by Gasteiger charge is 2.50. The molecule has 1 spiro atoms. The second-order valence-corrected chi connectivity index (χ2v) is 16.0. The third-order valence-electron chi connectivity index (χ3n) is 11.6. The molecule has 0 saturated carbocycles. The summed E-state index contributed by atoms with van der Waals surface area (Å²) in [6.07, 6.45) is 6.91. The number of amides is 1. The minimum atomic E-state index is -0.967. The van der Waals surface area contributed by atoms with Crippen molar-refractivity contribution in [3.05, 3.63) is 53.1 Å². The van der Waals surface area contributed by atoms with Gasteiger partial charge in [0.2, 0.25) is 0 Å². The Morgan fingerprint density at radius 1 is 1.15 bits per heavy atom. The van der Waals surface area contributed by atoms with Gasteiger partial charge in [0.05, 0.1) is 26.4 Å². The van der Waals surface area contributed by atoms with Crippen LogP contribution in [-0.4, -0.2) is 97.1 Å². The molecule has 1 amide bonds. The lowest BCUT2D eigenvalue weighted by molar-refractivity contribution is 0.0901. The van der Waals surface area contributed by atoms with E-state index in [0.29, 0.717) is 50.2 Å². The number of carbonyl (C=O) groups excluding carboxylic acids is 1. The van der Waals surface area contributed by atoms with E-state index in [1.165, 1.54) is 29.5 Å². The number of piperidine rings is 1. The first-order chi connectivity index (χ1) is 25.6. The number of ether oxygens (including phenoxy) is 1. The SMILES string of the molecule is N#Cc1c(N)sc2c(F)ccc(-c3c(Cl)cc4c(N5CCC6(CCCCN6C(=O)n6cncn6)C5)nc(OC[C@@]56CCCN5C[C@H](F)C6)nc4c3F)c12. The van der Waals surface area contributed by atoms with E-state index < -0.39 is 28.9 Å². The Bertz CT molecular complexity index is 2340. The first-order valence-corrected chi connectivity index (χ1v) is 18.8. The highest BCUT2D eigenvalue weighted by Crippen LogP contribution is 2.47. The second-order valence-electron chi connectivity index (χ2n) is 14.5. The molecule has 17 heteroatoms. The molecule has 0 bridgehead atoms. The van der Waals surface area contributed by atoms with Crippen LogP contribution in [0.2, 0.25) is 5.02 Å². The third-order valence-corrected chi connectivity index (χ3v) is 12.9. The quantitative estimate of drug-likeness (QED) is 0.210. The van der Waals surface area contributed by atoms with Crippen molar-refractivity contribution >= 4 is 60.8 Å². The van der Waals surface area contributed by atoms with E-state index in [1.54, 1.807) is 6.07 Å². The Morgan fingerprint density at radius 2 is 2.02 bits per heavy atom. The van der Waals surface area contributed by atoms with Gasteiger partial charge < -0.3 is 20.3 Å². The van der Waals surface area contributed by atoms with Crippen molar-refractivity contribution in [3.8, 4) is 23.2 Å². The molecule has 4 fully saturated rings. The highest BCUT2D eigenvalue weighted by molar-refractivity contribution is 7.23. The Hall–Kier alpha value is -4.72. The zero-order valence-electron chi connectivity index (χ0n) is 28.5. The van der Waals surface area contributed by atoms with E-state index >= 15 is 4.39 Å². The maximum atomic E-state index is 17.2. The van der Waals surface area contributed by atoms with Crippen LogP contribution in [0.25, 0.3) is 32.1 Å². The number of thiophene rings is 1. The first-order valence-electron chi connectivity index (χ1n) is 17.7. The molecule has 5 aromatic rings. The number of likely N-dealkylation sites (tertiary alicyclic amines) is 1. The number of anilines is 2. The summed E-state index contributed by atoms with van der Waals surface area (Å²) in [6.45, 7) is 2.68. The molecule has 7 heterocycles. The van der Waals surface area contributed by atoms with Gasteiger partial charge >= 0.3 is 12.0 Å². The number of benzene rings is 2. The van der Waals surface area contributed by atoms with Crippen LogP contribution in [-0.2, 0) is 0 Å². The van der Waals surface area contributed by atoms with Crippen LogP contribution >= 0.6 is 22.9 Å². The van der Waals surface area contributed by atoms with E-state index in [-0.39, 0.29) is 61.0 Å². The zero-order valence-corrected chi connectivity index (χ0v) is 30.1. The molecule has 2 aromatic carbocycles. The predicted molar refractivity (Wildman–Crippen MR) is 194 cm³/mol. The van der Waals surface area contributed by atoms with Crippen molar-refractivity contribution < 1.29 is 22.7 Å². The average molecular weight is 763 g/mol. The Kier molecular flexibility index (Phi) is 8.17. The summed E-state index contributed by atoms with van der Waals surface area (Å²) >= 11 is 7.84. The standard InChI is InChI=1S/C36H34ClF3N10O2S/c37-24-12-22-29(28(40)27(24)21-4-5-25(39)30-26(21)23(14-41)31(42)53-30)45-33(52-17-36-7-3-9-48(36)15-20(38)13-36)46-32(22)47-11-8-35(16-47)6-1-2-10-49(35)34(51)50-19-43-18-44-50/h4-5,12,18-20H,1-3,6-11,13,15-17,42H2/t20-,35?,36+/m1/s1. The molecule has 3 aromatic heterocycles. The van der Waals surface area contributed by atoms with E-state index in [1.807, 2.05) is 15.9 Å². The van der Waals surface area contributed by atoms with Crippen molar-refractivity contribution in [1.82, 2.24) is 34.5 Å². The predicted octanol–water partition coefficient (Wildman–Crippen LogP) is 6.55. The average Bonchev–Trinajstić information content (AvgIpc) is 3.98. The molecule has 0 aliphatic carbocycles. The van der Waals surface area contributed by atoms with E-state index in [2.05, 4.69) is 20.0 Å². The van der Waals surface area contributed by atoms with E-state index in [4.69, 9.17) is 27.1 Å². The lowest BCUT2D eigenvalue weighted by Gasteiger charge is -2.44. The molecule has 4 aliphatic rings. The van der Waals surface area contributed by atoms with Crippen LogP contribution in [0.1, 0.15) is 50.5 Å². The van der Waals surface area contributed by atoms with Gasteiger partial charge in [-0.25, -0.2) is 22.9 Å². The maximum Gasteiger partial charge on any atom is 0.346 e. The first kappa shape index (κ1) is 34.1. The number of hydrogen-bond donors (Lipinski definition) is 1. The maximum absolute atomic E-state index is 17.2. The number of nitrogens with two attached hydrogens (primary N) is 1. The van der Waals surface area contributed by atoms with Crippen LogP contribution in [0, 0.1) is 23.0 Å². The zero-order chi connectivity index (χ0) is 36.6. The van der Waals surface area contributed by atoms with Crippen molar-refractivity contribution in [1.29, 1.82) is 5.26 Å². The highest BCUT2D eigenvalue weighted by atomic mass is 35.5. The Morgan fingerprint density at radius 3 is 2.83 bits per heavy atom. The van der Waals surface area contributed by atoms with Crippen LogP contribution in [0.4, 0.5) is 28.8 Å². The number of nitriles is 1. The number of halogens is 4. The van der Waals surface area contributed by atoms with Crippen molar-refractivity contribution in [2.75, 3.05) is 50.0 Å². The number of nitrogen functional groups attached to an aromatic ring is 1. The van der Waals surface area contributed by atoms with Gasteiger partial charge in [0.1, 0.15) is 53.7 Å².